The molecule has 74 valence electrons. The van der Waals surface area contributed by atoms with Crippen LogP contribution in [0.15, 0.2) is 30.7 Å². The standard InChI is InChI=1S/C10H8N4O/c1-14-7-9(6-13-14)15-10-8(5-11)3-2-4-12-10/h2-4,6-7H,1H3. The highest BCUT2D eigenvalue weighted by molar-refractivity contribution is 5.39. The van der Waals surface area contributed by atoms with E-state index < -0.39 is 0 Å². The van der Waals surface area contributed by atoms with Gasteiger partial charge < -0.3 is 4.74 Å². The predicted molar refractivity (Wildman–Crippen MR) is 52.2 cm³/mol. The Hall–Kier alpha value is -2.35. The molecule has 2 aromatic heterocycles. The van der Waals surface area contributed by atoms with Crippen molar-refractivity contribution in [1.82, 2.24) is 14.8 Å². The normalized spacial score (nSPS) is 9.60. The Morgan fingerprint density at radius 1 is 1.53 bits per heavy atom. The lowest BCUT2D eigenvalue weighted by Gasteiger charge is -2.01. The van der Waals surface area contributed by atoms with Gasteiger partial charge in [0.2, 0.25) is 5.88 Å². The Labute approximate surface area is 86.6 Å². The lowest BCUT2D eigenvalue weighted by molar-refractivity contribution is 0.460. The lowest BCUT2D eigenvalue weighted by Crippen LogP contribution is -1.90. The highest BCUT2D eigenvalue weighted by Crippen LogP contribution is 2.20. The summed E-state index contributed by atoms with van der Waals surface area (Å²) in [6.45, 7) is 0. The molecular formula is C10H8N4O. The SMILES string of the molecule is Cn1cc(Oc2ncccc2C#N)cn1. The monoisotopic (exact) mass is 200 g/mol. The summed E-state index contributed by atoms with van der Waals surface area (Å²) in [5.74, 6) is 0.862. The fourth-order valence-electron chi connectivity index (χ4n) is 1.12. The van der Waals surface area contributed by atoms with Crippen molar-refractivity contribution in [2.75, 3.05) is 0 Å². The summed E-state index contributed by atoms with van der Waals surface area (Å²) in [5, 5.41) is 12.8. The van der Waals surface area contributed by atoms with Gasteiger partial charge in [0.25, 0.3) is 0 Å². The van der Waals surface area contributed by atoms with E-state index in [-0.39, 0.29) is 0 Å². The van der Waals surface area contributed by atoms with Crippen molar-refractivity contribution in [1.29, 1.82) is 5.26 Å². The smallest absolute Gasteiger partial charge is 0.237 e. The summed E-state index contributed by atoms with van der Waals surface area (Å²) in [4.78, 5) is 3.97. The summed E-state index contributed by atoms with van der Waals surface area (Å²) >= 11 is 0. The van der Waals surface area contributed by atoms with Crippen molar-refractivity contribution >= 4 is 0 Å². The van der Waals surface area contributed by atoms with Gasteiger partial charge in [0, 0.05) is 13.2 Å². The van der Waals surface area contributed by atoms with E-state index in [1.165, 1.54) is 0 Å². The molecular weight excluding hydrogens is 192 g/mol. The number of nitriles is 1. The van der Waals surface area contributed by atoms with E-state index >= 15 is 0 Å². The Kier molecular flexibility index (Phi) is 2.33. The minimum atomic E-state index is 0.299. The fourth-order valence-corrected chi connectivity index (χ4v) is 1.12. The molecule has 0 atom stereocenters. The molecule has 0 radical (unpaired) electrons. The van der Waals surface area contributed by atoms with Crippen LogP contribution < -0.4 is 4.74 Å². The number of aromatic nitrogens is 3. The highest BCUT2D eigenvalue weighted by Gasteiger charge is 2.05. The van der Waals surface area contributed by atoms with Crippen LogP contribution in [0.2, 0.25) is 0 Å². The third-order valence-electron chi connectivity index (χ3n) is 1.79. The third-order valence-corrected chi connectivity index (χ3v) is 1.79. The molecule has 2 aromatic rings. The molecule has 0 saturated carbocycles. The Morgan fingerprint density at radius 2 is 2.40 bits per heavy atom. The maximum atomic E-state index is 8.81. The zero-order valence-corrected chi connectivity index (χ0v) is 8.08. The molecule has 5 heteroatoms. The molecule has 0 unspecified atom stereocenters. The van der Waals surface area contributed by atoms with Gasteiger partial charge in [-0.25, -0.2) is 4.98 Å². The molecule has 0 bridgehead atoms. The largest absolute Gasteiger partial charge is 0.434 e. The van der Waals surface area contributed by atoms with Crippen LogP contribution in [0, 0.1) is 11.3 Å². The minimum Gasteiger partial charge on any atom is -0.434 e. The maximum absolute atomic E-state index is 8.81. The molecule has 0 aliphatic rings. The Balaban J connectivity index is 2.28. The van der Waals surface area contributed by atoms with E-state index in [1.807, 2.05) is 6.07 Å². The maximum Gasteiger partial charge on any atom is 0.237 e. The van der Waals surface area contributed by atoms with Crippen molar-refractivity contribution in [2.45, 2.75) is 0 Å². The molecule has 0 amide bonds. The van der Waals surface area contributed by atoms with Crippen LogP contribution in [0.25, 0.3) is 0 Å². The van der Waals surface area contributed by atoms with Gasteiger partial charge in [-0.2, -0.15) is 10.4 Å². The van der Waals surface area contributed by atoms with E-state index in [1.54, 1.807) is 42.5 Å². The van der Waals surface area contributed by atoms with Gasteiger partial charge in [-0.05, 0) is 12.1 Å². The van der Waals surface area contributed by atoms with Gasteiger partial charge in [0.1, 0.15) is 11.6 Å². The van der Waals surface area contributed by atoms with Gasteiger partial charge in [-0.3, -0.25) is 4.68 Å². The Bertz CT molecular complexity index is 512. The molecule has 0 saturated heterocycles. The number of hydrogen-bond acceptors (Lipinski definition) is 4. The van der Waals surface area contributed by atoms with Crippen LogP contribution in [0.3, 0.4) is 0 Å². The second kappa shape index (κ2) is 3.80. The first-order valence-corrected chi connectivity index (χ1v) is 4.31. The second-order valence-corrected chi connectivity index (χ2v) is 2.92. The van der Waals surface area contributed by atoms with E-state index in [0.29, 0.717) is 17.2 Å². The minimum absolute atomic E-state index is 0.299. The zero-order chi connectivity index (χ0) is 10.7. The van der Waals surface area contributed by atoms with E-state index in [0.717, 1.165) is 0 Å². The van der Waals surface area contributed by atoms with Crippen molar-refractivity contribution in [2.24, 2.45) is 7.05 Å². The number of nitrogens with zero attached hydrogens (tertiary/aromatic N) is 4. The molecule has 0 spiro atoms. The van der Waals surface area contributed by atoms with Gasteiger partial charge in [-0.15, -0.1) is 0 Å². The molecule has 0 aliphatic carbocycles. The van der Waals surface area contributed by atoms with Gasteiger partial charge in [-0.1, -0.05) is 0 Å². The fraction of sp³-hybridized carbons (Fsp3) is 0.100. The van der Waals surface area contributed by atoms with Crippen LogP contribution in [0.1, 0.15) is 5.56 Å². The van der Waals surface area contributed by atoms with Crippen molar-refractivity contribution in [3.8, 4) is 17.7 Å². The van der Waals surface area contributed by atoms with Crippen LogP contribution in [-0.2, 0) is 7.05 Å². The number of ether oxygens (including phenoxy) is 1. The molecule has 2 heterocycles. The third kappa shape index (κ3) is 1.94. The molecule has 15 heavy (non-hydrogen) atoms. The molecule has 0 aromatic carbocycles. The Morgan fingerprint density at radius 3 is 3.07 bits per heavy atom. The number of pyridine rings is 1. The first-order valence-electron chi connectivity index (χ1n) is 4.31. The van der Waals surface area contributed by atoms with Gasteiger partial charge in [0.15, 0.2) is 5.75 Å². The highest BCUT2D eigenvalue weighted by atomic mass is 16.5. The van der Waals surface area contributed by atoms with Crippen molar-refractivity contribution in [3.05, 3.63) is 36.3 Å². The summed E-state index contributed by atoms with van der Waals surface area (Å²) in [6, 6.07) is 5.35. The molecule has 0 aliphatic heterocycles. The summed E-state index contributed by atoms with van der Waals surface area (Å²) in [6.07, 6.45) is 4.85. The summed E-state index contributed by atoms with van der Waals surface area (Å²) in [7, 11) is 1.79. The first kappa shape index (κ1) is 9.21. The number of rotatable bonds is 2. The van der Waals surface area contributed by atoms with E-state index in [4.69, 9.17) is 10.00 Å². The predicted octanol–water partition coefficient (Wildman–Crippen LogP) is 1.48. The average Bonchev–Trinajstić information content (AvgIpc) is 2.65. The summed E-state index contributed by atoms with van der Waals surface area (Å²) < 4.78 is 7.02. The topological polar surface area (TPSA) is 63.7 Å². The van der Waals surface area contributed by atoms with Crippen LogP contribution in [-0.4, -0.2) is 14.8 Å². The average molecular weight is 200 g/mol. The van der Waals surface area contributed by atoms with Gasteiger partial charge in [0.05, 0.1) is 12.4 Å². The van der Waals surface area contributed by atoms with Crippen molar-refractivity contribution < 1.29 is 4.74 Å². The summed E-state index contributed by atoms with van der Waals surface area (Å²) in [5.41, 5.74) is 0.404. The first-order chi connectivity index (χ1) is 7.29. The molecule has 0 N–H and O–H groups in total. The quantitative estimate of drug-likeness (QED) is 0.736. The van der Waals surface area contributed by atoms with Crippen LogP contribution in [0.4, 0.5) is 0 Å². The second-order valence-electron chi connectivity index (χ2n) is 2.92. The van der Waals surface area contributed by atoms with E-state index in [9.17, 15) is 0 Å². The van der Waals surface area contributed by atoms with Crippen LogP contribution >= 0.6 is 0 Å². The van der Waals surface area contributed by atoms with Crippen LogP contribution in [0.5, 0.6) is 11.6 Å². The molecule has 5 nitrogen and oxygen atoms in total. The lowest BCUT2D eigenvalue weighted by atomic mass is 10.3. The van der Waals surface area contributed by atoms with Crippen molar-refractivity contribution in [3.63, 3.8) is 0 Å². The molecule has 2 rings (SSSR count). The van der Waals surface area contributed by atoms with E-state index in [2.05, 4.69) is 10.1 Å². The molecule has 0 fully saturated rings. The zero-order valence-electron chi connectivity index (χ0n) is 8.08. The van der Waals surface area contributed by atoms with Gasteiger partial charge >= 0.3 is 0 Å². The number of aryl methyl sites for hydroxylation is 1. The number of hydrogen-bond donors (Lipinski definition) is 0.